The Morgan fingerprint density at radius 3 is 2.50 bits per heavy atom. The molecule has 14 heavy (non-hydrogen) atoms. The molecule has 0 amide bonds. The number of nitrogens with two attached hydrogens (primary N) is 1. The molecule has 0 aromatic heterocycles. The Labute approximate surface area is 83.7 Å². The molecule has 0 saturated heterocycles. The maximum Gasteiger partial charge on any atom is 0.241 e. The van der Waals surface area contributed by atoms with E-state index >= 15 is 0 Å². The summed E-state index contributed by atoms with van der Waals surface area (Å²) in [5.41, 5.74) is 0.832. The topological polar surface area (TPSA) is 69.4 Å². The first-order valence-corrected chi connectivity index (χ1v) is 5.74. The number of primary sulfonamides is 1. The second-order valence-electron chi connectivity index (χ2n) is 2.85. The van der Waals surface area contributed by atoms with Crippen molar-refractivity contribution in [3.8, 4) is 5.75 Å². The summed E-state index contributed by atoms with van der Waals surface area (Å²) in [5, 5.41) is 5.05. The van der Waals surface area contributed by atoms with Crippen LogP contribution >= 0.6 is 0 Å². The molecule has 0 aliphatic carbocycles. The van der Waals surface area contributed by atoms with Crippen molar-refractivity contribution in [2.75, 3.05) is 7.11 Å². The Morgan fingerprint density at radius 1 is 1.43 bits per heavy atom. The third-order valence-corrected chi connectivity index (χ3v) is 2.89. The summed E-state index contributed by atoms with van der Waals surface area (Å²) in [6, 6.07) is 4.90. The van der Waals surface area contributed by atoms with Gasteiger partial charge in [-0.25, -0.2) is 13.6 Å². The lowest BCUT2D eigenvalue weighted by Gasteiger charge is -2.10. The van der Waals surface area contributed by atoms with E-state index in [1.165, 1.54) is 13.2 Å². The van der Waals surface area contributed by atoms with Crippen LogP contribution in [-0.4, -0.2) is 15.5 Å². The average molecular weight is 215 g/mol. The minimum atomic E-state index is -3.70. The minimum absolute atomic E-state index is 0.0411. The summed E-state index contributed by atoms with van der Waals surface area (Å²) in [6.07, 6.45) is 0.701. The first kappa shape index (κ1) is 11.0. The van der Waals surface area contributed by atoms with E-state index in [0.717, 1.165) is 5.56 Å². The van der Waals surface area contributed by atoms with Crippen LogP contribution in [0, 0.1) is 0 Å². The molecule has 0 aliphatic rings. The van der Waals surface area contributed by atoms with Crippen molar-refractivity contribution < 1.29 is 13.2 Å². The largest absolute Gasteiger partial charge is 0.495 e. The van der Waals surface area contributed by atoms with Crippen molar-refractivity contribution in [2.45, 2.75) is 18.2 Å². The summed E-state index contributed by atoms with van der Waals surface area (Å²) >= 11 is 0. The van der Waals surface area contributed by atoms with E-state index in [4.69, 9.17) is 9.88 Å². The Kier molecular flexibility index (Phi) is 3.13. The Bertz CT molecular complexity index is 426. The van der Waals surface area contributed by atoms with Crippen LogP contribution in [-0.2, 0) is 16.4 Å². The van der Waals surface area contributed by atoms with Gasteiger partial charge in [-0.1, -0.05) is 19.1 Å². The van der Waals surface area contributed by atoms with Crippen LogP contribution in [0.4, 0.5) is 0 Å². The number of benzene rings is 1. The van der Waals surface area contributed by atoms with Gasteiger partial charge < -0.3 is 4.74 Å². The van der Waals surface area contributed by atoms with Gasteiger partial charge in [0.2, 0.25) is 10.0 Å². The molecule has 0 atom stereocenters. The Hall–Kier alpha value is -1.07. The summed E-state index contributed by atoms with van der Waals surface area (Å²) < 4.78 is 27.4. The van der Waals surface area contributed by atoms with E-state index in [9.17, 15) is 8.42 Å². The molecular weight excluding hydrogens is 202 g/mol. The molecule has 5 heteroatoms. The third kappa shape index (κ3) is 2.05. The Morgan fingerprint density at radius 2 is 2.07 bits per heavy atom. The monoisotopic (exact) mass is 215 g/mol. The van der Waals surface area contributed by atoms with Gasteiger partial charge in [-0.3, -0.25) is 0 Å². The molecule has 0 saturated carbocycles. The smallest absolute Gasteiger partial charge is 0.241 e. The highest BCUT2D eigenvalue weighted by atomic mass is 32.2. The van der Waals surface area contributed by atoms with Crippen molar-refractivity contribution in [3.05, 3.63) is 23.8 Å². The van der Waals surface area contributed by atoms with Gasteiger partial charge >= 0.3 is 0 Å². The van der Waals surface area contributed by atoms with Crippen molar-refractivity contribution in [2.24, 2.45) is 5.14 Å². The van der Waals surface area contributed by atoms with Gasteiger partial charge in [-0.05, 0) is 18.1 Å². The summed E-state index contributed by atoms with van der Waals surface area (Å²) in [5.74, 6) is 0.345. The number of para-hydroxylation sites is 1. The van der Waals surface area contributed by atoms with Crippen LogP contribution in [0.5, 0.6) is 5.75 Å². The number of sulfonamides is 1. The van der Waals surface area contributed by atoms with Crippen LogP contribution in [0.1, 0.15) is 12.5 Å². The van der Waals surface area contributed by atoms with E-state index in [-0.39, 0.29) is 4.90 Å². The zero-order valence-corrected chi connectivity index (χ0v) is 8.97. The first-order chi connectivity index (χ1) is 6.50. The number of hydrogen-bond acceptors (Lipinski definition) is 3. The van der Waals surface area contributed by atoms with Gasteiger partial charge in [-0.2, -0.15) is 0 Å². The predicted molar refractivity (Wildman–Crippen MR) is 53.7 cm³/mol. The van der Waals surface area contributed by atoms with Gasteiger partial charge in [0.05, 0.1) is 7.11 Å². The fourth-order valence-corrected chi connectivity index (χ4v) is 2.04. The molecule has 0 radical (unpaired) electrons. The Balaban J connectivity index is 3.45. The van der Waals surface area contributed by atoms with E-state index in [1.807, 2.05) is 13.0 Å². The molecule has 0 heterocycles. The first-order valence-electron chi connectivity index (χ1n) is 4.19. The standard InChI is InChI=1S/C9H13NO3S/c1-3-7-5-4-6-8(9(7)13-2)14(10,11)12/h4-6H,3H2,1-2H3,(H2,10,11,12). The lowest BCUT2D eigenvalue weighted by atomic mass is 10.1. The summed E-state index contributed by atoms with van der Waals surface area (Å²) in [6.45, 7) is 1.92. The van der Waals surface area contributed by atoms with Gasteiger partial charge in [-0.15, -0.1) is 0 Å². The fourth-order valence-electron chi connectivity index (χ4n) is 1.30. The number of hydrogen-bond donors (Lipinski definition) is 1. The van der Waals surface area contributed by atoms with Crippen LogP contribution in [0.15, 0.2) is 23.1 Å². The summed E-state index contributed by atoms with van der Waals surface area (Å²) in [7, 11) is -2.27. The highest BCUT2D eigenvalue weighted by Crippen LogP contribution is 2.27. The third-order valence-electron chi connectivity index (χ3n) is 1.95. The molecule has 1 aromatic rings. The van der Waals surface area contributed by atoms with Crippen molar-refractivity contribution in [3.63, 3.8) is 0 Å². The van der Waals surface area contributed by atoms with E-state index < -0.39 is 10.0 Å². The van der Waals surface area contributed by atoms with E-state index in [2.05, 4.69) is 0 Å². The molecule has 0 fully saturated rings. The number of methoxy groups -OCH3 is 1. The van der Waals surface area contributed by atoms with Crippen molar-refractivity contribution >= 4 is 10.0 Å². The van der Waals surface area contributed by atoms with Gasteiger partial charge in [0.15, 0.2) is 0 Å². The molecule has 78 valence electrons. The van der Waals surface area contributed by atoms with E-state index in [1.54, 1.807) is 6.07 Å². The van der Waals surface area contributed by atoms with E-state index in [0.29, 0.717) is 12.2 Å². The molecule has 2 N–H and O–H groups in total. The molecule has 0 aliphatic heterocycles. The zero-order chi connectivity index (χ0) is 10.8. The maximum atomic E-state index is 11.2. The van der Waals surface area contributed by atoms with Crippen LogP contribution in [0.25, 0.3) is 0 Å². The van der Waals surface area contributed by atoms with Gasteiger partial charge in [0.25, 0.3) is 0 Å². The lowest BCUT2D eigenvalue weighted by Crippen LogP contribution is -2.14. The zero-order valence-electron chi connectivity index (χ0n) is 8.15. The molecule has 0 unspecified atom stereocenters. The molecule has 1 rings (SSSR count). The molecule has 0 spiro atoms. The SMILES string of the molecule is CCc1cccc(S(N)(=O)=O)c1OC. The quantitative estimate of drug-likeness (QED) is 0.814. The average Bonchev–Trinajstić information content (AvgIpc) is 2.15. The normalized spacial score (nSPS) is 11.4. The predicted octanol–water partition coefficient (Wildman–Crippen LogP) is 0.905. The van der Waals surface area contributed by atoms with Gasteiger partial charge in [0.1, 0.15) is 10.6 Å². The number of ether oxygens (including phenoxy) is 1. The highest BCUT2D eigenvalue weighted by Gasteiger charge is 2.16. The second-order valence-corrected chi connectivity index (χ2v) is 4.38. The van der Waals surface area contributed by atoms with Crippen molar-refractivity contribution in [1.82, 2.24) is 0 Å². The number of rotatable bonds is 3. The lowest BCUT2D eigenvalue weighted by molar-refractivity contribution is 0.398. The minimum Gasteiger partial charge on any atom is -0.495 e. The summed E-state index contributed by atoms with van der Waals surface area (Å²) in [4.78, 5) is 0.0411. The molecular formula is C9H13NO3S. The maximum absolute atomic E-state index is 11.2. The van der Waals surface area contributed by atoms with Crippen LogP contribution in [0.2, 0.25) is 0 Å². The van der Waals surface area contributed by atoms with Crippen molar-refractivity contribution in [1.29, 1.82) is 0 Å². The van der Waals surface area contributed by atoms with Crippen LogP contribution < -0.4 is 9.88 Å². The number of aryl methyl sites for hydroxylation is 1. The molecule has 4 nitrogen and oxygen atoms in total. The molecule has 1 aromatic carbocycles. The van der Waals surface area contributed by atoms with Crippen LogP contribution in [0.3, 0.4) is 0 Å². The van der Waals surface area contributed by atoms with Gasteiger partial charge in [0, 0.05) is 0 Å². The highest BCUT2D eigenvalue weighted by molar-refractivity contribution is 7.89. The second kappa shape index (κ2) is 3.98. The fraction of sp³-hybridized carbons (Fsp3) is 0.333. The molecule has 0 bridgehead atoms.